The van der Waals surface area contributed by atoms with E-state index in [1.807, 2.05) is 31.2 Å². The Labute approximate surface area is 203 Å². The summed E-state index contributed by atoms with van der Waals surface area (Å²) < 4.78 is 27.0. The van der Waals surface area contributed by atoms with Crippen LogP contribution in [0.4, 0.5) is 5.82 Å². The SMILES string of the molecule is CCCNS(=O)(=O)Cc1ccc(-c2cc3ccccc3c(N3CCNCC3CC)n2)cc1.Cl. The second kappa shape index (κ2) is 11.3. The normalized spacial score (nSPS) is 16.5. The number of anilines is 1. The van der Waals surface area contributed by atoms with E-state index in [0.29, 0.717) is 12.6 Å². The smallest absolute Gasteiger partial charge is 0.215 e. The fraction of sp³-hybridized carbons (Fsp3) is 0.400. The van der Waals surface area contributed by atoms with Crippen LogP contribution in [0.2, 0.25) is 0 Å². The molecule has 33 heavy (non-hydrogen) atoms. The van der Waals surface area contributed by atoms with Crippen LogP contribution in [0.5, 0.6) is 0 Å². The number of nitrogens with one attached hydrogen (secondary N) is 2. The molecular formula is C25H33ClN4O2S. The largest absolute Gasteiger partial charge is 0.351 e. The van der Waals surface area contributed by atoms with E-state index in [2.05, 4.69) is 52.2 Å². The Bertz CT molecular complexity index is 1170. The van der Waals surface area contributed by atoms with Crippen molar-refractivity contribution in [3.8, 4) is 11.3 Å². The minimum absolute atomic E-state index is 0. The molecule has 0 radical (unpaired) electrons. The van der Waals surface area contributed by atoms with Gasteiger partial charge in [-0.05, 0) is 29.9 Å². The van der Waals surface area contributed by atoms with Crippen molar-refractivity contribution in [3.05, 3.63) is 60.2 Å². The second-order valence-electron chi connectivity index (χ2n) is 8.36. The molecule has 3 aromatic rings. The van der Waals surface area contributed by atoms with Crippen LogP contribution in [-0.2, 0) is 15.8 Å². The molecule has 178 valence electrons. The number of benzene rings is 2. The first-order valence-corrected chi connectivity index (χ1v) is 13.1. The number of fused-ring (bicyclic) bond motifs is 1. The first-order valence-electron chi connectivity index (χ1n) is 11.4. The number of rotatable bonds is 8. The fourth-order valence-corrected chi connectivity index (χ4v) is 5.50. The molecule has 1 aliphatic heterocycles. The molecular weight excluding hydrogens is 456 g/mol. The molecule has 0 aliphatic carbocycles. The maximum atomic E-state index is 12.2. The number of piperazine rings is 1. The van der Waals surface area contributed by atoms with Crippen LogP contribution in [0.3, 0.4) is 0 Å². The highest BCUT2D eigenvalue weighted by atomic mass is 35.5. The summed E-state index contributed by atoms with van der Waals surface area (Å²) in [5, 5.41) is 5.82. The van der Waals surface area contributed by atoms with E-state index in [4.69, 9.17) is 4.98 Å². The summed E-state index contributed by atoms with van der Waals surface area (Å²) in [5.41, 5.74) is 2.67. The summed E-state index contributed by atoms with van der Waals surface area (Å²) in [6.07, 6.45) is 1.84. The minimum atomic E-state index is -3.31. The molecule has 1 aliphatic rings. The Morgan fingerprint density at radius 1 is 1.12 bits per heavy atom. The number of halogens is 1. The van der Waals surface area contributed by atoms with E-state index < -0.39 is 10.0 Å². The summed E-state index contributed by atoms with van der Waals surface area (Å²) in [7, 11) is -3.31. The van der Waals surface area contributed by atoms with E-state index in [1.54, 1.807) is 0 Å². The van der Waals surface area contributed by atoms with Gasteiger partial charge in [-0.1, -0.05) is 62.4 Å². The quantitative estimate of drug-likeness (QED) is 0.493. The lowest BCUT2D eigenvalue weighted by atomic mass is 10.0. The van der Waals surface area contributed by atoms with Crippen molar-refractivity contribution in [2.75, 3.05) is 31.1 Å². The Morgan fingerprint density at radius 2 is 1.88 bits per heavy atom. The van der Waals surface area contributed by atoms with Gasteiger partial charge in [0.1, 0.15) is 5.82 Å². The first kappa shape index (κ1) is 25.4. The van der Waals surface area contributed by atoms with Crippen molar-refractivity contribution in [2.24, 2.45) is 0 Å². The molecule has 0 amide bonds. The highest BCUT2D eigenvalue weighted by molar-refractivity contribution is 7.88. The van der Waals surface area contributed by atoms with E-state index >= 15 is 0 Å². The number of hydrogen-bond acceptors (Lipinski definition) is 5. The number of nitrogens with zero attached hydrogens (tertiary/aromatic N) is 2. The summed E-state index contributed by atoms with van der Waals surface area (Å²) >= 11 is 0. The van der Waals surface area contributed by atoms with Gasteiger partial charge in [-0.3, -0.25) is 0 Å². The van der Waals surface area contributed by atoms with Crippen molar-refractivity contribution in [1.29, 1.82) is 0 Å². The lowest BCUT2D eigenvalue weighted by molar-refractivity contribution is 0.464. The van der Waals surface area contributed by atoms with E-state index in [0.717, 1.165) is 60.5 Å². The Balaban J connectivity index is 0.00000306. The molecule has 4 rings (SSSR count). The van der Waals surface area contributed by atoms with Crippen LogP contribution >= 0.6 is 12.4 Å². The van der Waals surface area contributed by atoms with Gasteiger partial charge in [0.2, 0.25) is 10.0 Å². The highest BCUT2D eigenvalue weighted by Crippen LogP contribution is 2.32. The summed E-state index contributed by atoms with van der Waals surface area (Å²) in [5.74, 6) is 1.02. The van der Waals surface area contributed by atoms with Crippen LogP contribution in [0.15, 0.2) is 54.6 Å². The van der Waals surface area contributed by atoms with Gasteiger partial charge in [-0.15, -0.1) is 12.4 Å². The van der Waals surface area contributed by atoms with Crippen LogP contribution in [0.25, 0.3) is 22.0 Å². The lowest BCUT2D eigenvalue weighted by Crippen LogP contribution is -2.51. The van der Waals surface area contributed by atoms with Crippen molar-refractivity contribution in [3.63, 3.8) is 0 Å². The van der Waals surface area contributed by atoms with Crippen LogP contribution in [0, 0.1) is 0 Å². The Hall–Kier alpha value is -2.19. The molecule has 2 heterocycles. The van der Waals surface area contributed by atoms with Gasteiger partial charge in [-0.2, -0.15) is 0 Å². The van der Waals surface area contributed by atoms with Crippen molar-refractivity contribution in [1.82, 2.24) is 15.0 Å². The van der Waals surface area contributed by atoms with Crippen molar-refractivity contribution < 1.29 is 8.42 Å². The lowest BCUT2D eigenvalue weighted by Gasteiger charge is -2.37. The van der Waals surface area contributed by atoms with Gasteiger partial charge in [0.15, 0.2) is 0 Å². The number of aromatic nitrogens is 1. The zero-order valence-electron chi connectivity index (χ0n) is 19.3. The molecule has 0 saturated carbocycles. The van der Waals surface area contributed by atoms with E-state index in [-0.39, 0.29) is 18.2 Å². The zero-order valence-corrected chi connectivity index (χ0v) is 20.9. The summed E-state index contributed by atoms with van der Waals surface area (Å²) in [6.45, 7) is 7.48. The zero-order chi connectivity index (χ0) is 22.6. The first-order chi connectivity index (χ1) is 15.5. The summed E-state index contributed by atoms with van der Waals surface area (Å²) in [6, 6.07) is 18.7. The molecule has 1 aromatic heterocycles. The number of pyridine rings is 1. The molecule has 8 heteroatoms. The fourth-order valence-electron chi connectivity index (χ4n) is 4.25. The third-order valence-electron chi connectivity index (χ3n) is 5.99. The predicted molar refractivity (Wildman–Crippen MR) is 140 cm³/mol. The van der Waals surface area contributed by atoms with Crippen molar-refractivity contribution >= 4 is 39.0 Å². The third kappa shape index (κ3) is 6.03. The monoisotopic (exact) mass is 488 g/mol. The maximum Gasteiger partial charge on any atom is 0.215 e. The topological polar surface area (TPSA) is 74.3 Å². The van der Waals surface area contributed by atoms with Crippen LogP contribution < -0.4 is 14.9 Å². The highest BCUT2D eigenvalue weighted by Gasteiger charge is 2.24. The molecule has 2 N–H and O–H groups in total. The van der Waals surface area contributed by atoms with E-state index in [9.17, 15) is 8.42 Å². The van der Waals surface area contributed by atoms with Crippen LogP contribution in [-0.4, -0.2) is 45.6 Å². The molecule has 1 atom stereocenters. The Kier molecular flexibility index (Phi) is 8.70. The predicted octanol–water partition coefficient (Wildman–Crippen LogP) is 4.34. The van der Waals surface area contributed by atoms with Gasteiger partial charge in [-0.25, -0.2) is 18.1 Å². The average Bonchev–Trinajstić information content (AvgIpc) is 2.82. The van der Waals surface area contributed by atoms with Gasteiger partial charge in [0.05, 0.1) is 11.4 Å². The third-order valence-corrected chi connectivity index (χ3v) is 7.35. The average molecular weight is 489 g/mol. The van der Waals surface area contributed by atoms with Gasteiger partial charge >= 0.3 is 0 Å². The number of hydrogen-bond donors (Lipinski definition) is 2. The molecule has 0 bridgehead atoms. The molecule has 1 unspecified atom stereocenters. The Morgan fingerprint density at radius 3 is 2.61 bits per heavy atom. The number of sulfonamides is 1. The maximum absolute atomic E-state index is 12.2. The molecule has 1 fully saturated rings. The van der Waals surface area contributed by atoms with Gasteiger partial charge in [0.25, 0.3) is 0 Å². The van der Waals surface area contributed by atoms with Gasteiger partial charge in [0, 0.05) is 43.2 Å². The standard InChI is InChI=1S/C25H32N4O2S.ClH/c1-3-13-27-32(30,31)18-19-9-11-20(12-10-19)24-16-21-7-5-6-8-23(21)25(28-24)29-15-14-26-17-22(29)4-2;/h5-12,16,22,26-27H,3-4,13-15,17-18H2,1-2H3;1H. The molecule has 6 nitrogen and oxygen atoms in total. The summed E-state index contributed by atoms with van der Waals surface area (Å²) in [4.78, 5) is 7.54. The minimum Gasteiger partial charge on any atom is -0.351 e. The molecule has 2 aromatic carbocycles. The van der Waals surface area contributed by atoms with Crippen molar-refractivity contribution in [2.45, 2.75) is 38.5 Å². The second-order valence-corrected chi connectivity index (χ2v) is 10.2. The molecule has 0 spiro atoms. The molecule has 1 saturated heterocycles. The van der Waals surface area contributed by atoms with Crippen LogP contribution in [0.1, 0.15) is 32.3 Å². The van der Waals surface area contributed by atoms with Gasteiger partial charge < -0.3 is 10.2 Å². The van der Waals surface area contributed by atoms with E-state index in [1.165, 1.54) is 5.39 Å².